The number of hydrogen-bond donors (Lipinski definition) is 6. The van der Waals surface area contributed by atoms with Crippen molar-refractivity contribution >= 4 is 0 Å². The molecular weight excluding hydrogens is 288 g/mol. The molecule has 128 valence electrons. The minimum Gasteiger partial charge on any atom is -0.394 e. The van der Waals surface area contributed by atoms with Crippen molar-refractivity contribution in [1.29, 1.82) is 0 Å². The van der Waals surface area contributed by atoms with Gasteiger partial charge in [-0.3, -0.25) is 0 Å². The molecule has 0 saturated carbocycles. The van der Waals surface area contributed by atoms with Crippen LogP contribution in [0.15, 0.2) is 0 Å². The molecule has 0 aliphatic rings. The van der Waals surface area contributed by atoms with Crippen molar-refractivity contribution in [3.63, 3.8) is 0 Å². The van der Waals surface area contributed by atoms with Crippen molar-refractivity contribution in [2.75, 3.05) is 46.2 Å². The van der Waals surface area contributed by atoms with Gasteiger partial charge in [0, 0.05) is 6.42 Å². The van der Waals surface area contributed by atoms with Crippen LogP contribution < -0.4 is 0 Å². The predicted molar refractivity (Wildman–Crippen MR) is 70.4 cm³/mol. The zero-order valence-corrected chi connectivity index (χ0v) is 11.9. The maximum Gasteiger partial charge on any atom is 0.160 e. The van der Waals surface area contributed by atoms with Crippen molar-refractivity contribution in [2.45, 2.75) is 31.0 Å². The summed E-state index contributed by atoms with van der Waals surface area (Å²) in [6.07, 6.45) is -3.61. The van der Waals surface area contributed by atoms with Crippen LogP contribution in [0.1, 0.15) is 6.42 Å². The van der Waals surface area contributed by atoms with E-state index >= 15 is 0 Å². The second kappa shape index (κ2) is 13.3. The summed E-state index contributed by atoms with van der Waals surface area (Å²) in [7, 11) is 0. The second-order valence-electron chi connectivity index (χ2n) is 4.47. The highest BCUT2D eigenvalue weighted by atomic mass is 16.7. The highest BCUT2D eigenvalue weighted by Crippen LogP contribution is 2.04. The quantitative estimate of drug-likeness (QED) is 0.144. The van der Waals surface area contributed by atoms with Crippen LogP contribution >= 0.6 is 0 Å². The smallest absolute Gasteiger partial charge is 0.160 e. The third-order valence-electron chi connectivity index (χ3n) is 2.39. The van der Waals surface area contributed by atoms with Crippen molar-refractivity contribution in [1.82, 2.24) is 0 Å². The average molecular weight is 314 g/mol. The average Bonchev–Trinajstić information content (AvgIpc) is 2.51. The van der Waals surface area contributed by atoms with Gasteiger partial charge in [-0.05, 0) is 0 Å². The lowest BCUT2D eigenvalue weighted by Crippen LogP contribution is -2.31. The van der Waals surface area contributed by atoms with Gasteiger partial charge in [-0.15, -0.1) is 0 Å². The molecule has 0 spiro atoms. The van der Waals surface area contributed by atoms with Crippen molar-refractivity contribution in [2.24, 2.45) is 0 Å². The minimum absolute atomic E-state index is 0.0399. The van der Waals surface area contributed by atoms with Crippen LogP contribution in [-0.4, -0.2) is 101 Å². The Morgan fingerprint density at radius 3 is 1.52 bits per heavy atom. The lowest BCUT2D eigenvalue weighted by Gasteiger charge is -2.21. The monoisotopic (exact) mass is 314 g/mol. The Labute approximate surface area is 123 Å². The van der Waals surface area contributed by atoms with Gasteiger partial charge in [0.25, 0.3) is 0 Å². The van der Waals surface area contributed by atoms with Gasteiger partial charge in [0.15, 0.2) is 6.29 Å². The highest BCUT2D eigenvalue weighted by Gasteiger charge is 2.15. The summed E-state index contributed by atoms with van der Waals surface area (Å²) < 4.78 is 15.5. The molecule has 3 atom stereocenters. The minimum atomic E-state index is -1.05. The second-order valence-corrected chi connectivity index (χ2v) is 4.47. The first-order valence-corrected chi connectivity index (χ1v) is 6.71. The lowest BCUT2D eigenvalue weighted by molar-refractivity contribution is -0.183. The molecule has 0 saturated heterocycles. The van der Waals surface area contributed by atoms with Crippen LogP contribution in [0.2, 0.25) is 0 Å². The molecule has 0 heterocycles. The van der Waals surface area contributed by atoms with Gasteiger partial charge in [-0.25, -0.2) is 0 Å². The fourth-order valence-corrected chi connectivity index (χ4v) is 1.21. The first-order valence-electron chi connectivity index (χ1n) is 6.71. The molecule has 0 aliphatic carbocycles. The van der Waals surface area contributed by atoms with Crippen molar-refractivity contribution in [3.8, 4) is 0 Å². The number of rotatable bonds is 14. The summed E-state index contributed by atoms with van der Waals surface area (Å²) in [5, 5.41) is 53.4. The lowest BCUT2D eigenvalue weighted by atomic mass is 10.3. The van der Waals surface area contributed by atoms with E-state index in [9.17, 15) is 10.2 Å². The molecule has 0 rings (SSSR count). The third-order valence-corrected chi connectivity index (χ3v) is 2.39. The Hall–Kier alpha value is -0.360. The van der Waals surface area contributed by atoms with Crippen LogP contribution in [-0.2, 0) is 14.2 Å². The molecular formula is C12H26O9. The zero-order valence-electron chi connectivity index (χ0n) is 11.9. The third kappa shape index (κ3) is 11.9. The van der Waals surface area contributed by atoms with Gasteiger partial charge in [0.2, 0.25) is 0 Å². The summed E-state index contributed by atoms with van der Waals surface area (Å²) in [5.41, 5.74) is 0. The molecule has 0 bridgehead atoms. The van der Waals surface area contributed by atoms with E-state index in [2.05, 4.69) is 0 Å². The predicted octanol–water partition coefficient (Wildman–Crippen LogP) is -3.19. The number of aliphatic hydroxyl groups is 6. The summed E-state index contributed by atoms with van der Waals surface area (Å²) in [4.78, 5) is 0. The SMILES string of the molecule is OCC(O)COCCC(OCC(O)CO)OCC(O)CO. The Balaban J connectivity index is 3.99. The van der Waals surface area contributed by atoms with Crippen LogP contribution in [0.25, 0.3) is 0 Å². The summed E-state index contributed by atoms with van der Waals surface area (Å²) in [6.45, 7) is -1.50. The van der Waals surface area contributed by atoms with E-state index in [0.29, 0.717) is 0 Å². The van der Waals surface area contributed by atoms with Crippen LogP contribution in [0, 0.1) is 0 Å². The van der Waals surface area contributed by atoms with E-state index in [1.807, 2.05) is 0 Å². The van der Waals surface area contributed by atoms with Gasteiger partial charge in [0.1, 0.15) is 18.3 Å². The van der Waals surface area contributed by atoms with E-state index in [-0.39, 0.29) is 32.8 Å². The fraction of sp³-hybridized carbons (Fsp3) is 1.00. The van der Waals surface area contributed by atoms with Crippen molar-refractivity contribution < 1.29 is 44.8 Å². The number of hydrogen-bond acceptors (Lipinski definition) is 9. The topological polar surface area (TPSA) is 149 Å². The summed E-state index contributed by atoms with van der Waals surface area (Å²) >= 11 is 0. The maximum atomic E-state index is 9.19. The molecule has 0 aromatic rings. The molecule has 0 fully saturated rings. The van der Waals surface area contributed by atoms with Gasteiger partial charge in [-0.2, -0.15) is 0 Å². The van der Waals surface area contributed by atoms with E-state index in [0.717, 1.165) is 0 Å². The number of aliphatic hydroxyl groups excluding tert-OH is 6. The van der Waals surface area contributed by atoms with Crippen LogP contribution in [0.4, 0.5) is 0 Å². The standard InChI is InChI=1S/C12H26O9/c13-3-9(16)6-19-2-1-12(20-7-10(17)4-14)21-8-11(18)5-15/h9-18H,1-8H2. The Morgan fingerprint density at radius 2 is 1.10 bits per heavy atom. The first kappa shape index (κ1) is 20.6. The summed E-state index contributed by atoms with van der Waals surface area (Å²) in [6, 6.07) is 0. The van der Waals surface area contributed by atoms with Crippen LogP contribution in [0.3, 0.4) is 0 Å². The normalized spacial score (nSPS) is 17.4. The van der Waals surface area contributed by atoms with Crippen LogP contribution in [0.5, 0.6) is 0 Å². The van der Waals surface area contributed by atoms with E-state index < -0.39 is 44.4 Å². The molecule has 0 radical (unpaired) electrons. The first-order chi connectivity index (χ1) is 10.0. The Kier molecular flexibility index (Phi) is 13.1. The van der Waals surface area contributed by atoms with Crippen molar-refractivity contribution in [3.05, 3.63) is 0 Å². The molecule has 9 heteroatoms. The van der Waals surface area contributed by atoms with E-state index in [1.54, 1.807) is 0 Å². The van der Waals surface area contributed by atoms with Gasteiger partial charge in [-0.1, -0.05) is 0 Å². The zero-order chi connectivity index (χ0) is 16.1. The molecule has 3 unspecified atom stereocenters. The molecule has 6 N–H and O–H groups in total. The Morgan fingerprint density at radius 1 is 0.667 bits per heavy atom. The van der Waals surface area contributed by atoms with Gasteiger partial charge < -0.3 is 44.8 Å². The largest absolute Gasteiger partial charge is 0.394 e. The molecule has 0 amide bonds. The maximum absolute atomic E-state index is 9.19. The highest BCUT2D eigenvalue weighted by molar-refractivity contribution is 4.56. The van der Waals surface area contributed by atoms with E-state index in [4.69, 9.17) is 34.6 Å². The van der Waals surface area contributed by atoms with Gasteiger partial charge >= 0.3 is 0 Å². The molecule has 0 aromatic carbocycles. The Bertz CT molecular complexity index is 215. The van der Waals surface area contributed by atoms with E-state index in [1.165, 1.54) is 0 Å². The molecule has 9 nitrogen and oxygen atoms in total. The van der Waals surface area contributed by atoms with Gasteiger partial charge in [0.05, 0.1) is 46.2 Å². The number of ether oxygens (including phenoxy) is 3. The molecule has 0 aromatic heterocycles. The molecule has 0 aliphatic heterocycles. The fourth-order valence-electron chi connectivity index (χ4n) is 1.21. The molecule has 21 heavy (non-hydrogen) atoms. The summed E-state index contributed by atoms with van der Waals surface area (Å²) in [5.74, 6) is 0.